The Labute approximate surface area is 348 Å². The van der Waals surface area contributed by atoms with Gasteiger partial charge in [0.25, 0.3) is 0 Å². The second kappa shape index (κ2) is 13.9. The first-order chi connectivity index (χ1) is 29.8. The Kier molecular flexibility index (Phi) is 7.95. The maximum atomic E-state index is 5.20. The molecule has 0 amide bonds. The third kappa shape index (κ3) is 5.53. The van der Waals surface area contributed by atoms with Crippen molar-refractivity contribution in [2.24, 2.45) is 11.8 Å². The van der Waals surface area contributed by atoms with Crippen LogP contribution < -0.4 is 9.80 Å². The van der Waals surface area contributed by atoms with Crippen molar-refractivity contribution in [1.29, 1.82) is 0 Å². The van der Waals surface area contributed by atoms with Gasteiger partial charge >= 0.3 is 0 Å². The van der Waals surface area contributed by atoms with E-state index in [2.05, 4.69) is 216 Å². The molecule has 2 unspecified atom stereocenters. The van der Waals surface area contributed by atoms with Crippen LogP contribution in [0.1, 0.15) is 0 Å². The van der Waals surface area contributed by atoms with Gasteiger partial charge in [0, 0.05) is 62.5 Å². The highest BCUT2D eigenvalue weighted by atomic mass is 15.2. The second-order valence-electron chi connectivity index (χ2n) is 15.8. The summed E-state index contributed by atoms with van der Waals surface area (Å²) in [6.07, 6.45) is 19.9. The van der Waals surface area contributed by atoms with Crippen LogP contribution in [0.5, 0.6) is 0 Å². The number of nitrogens with zero attached hydrogens (tertiary/aromatic N) is 4. The molecule has 282 valence electrons. The molecule has 2 atom stereocenters. The Morgan fingerprint density at radius 1 is 0.383 bits per heavy atom. The van der Waals surface area contributed by atoms with Gasteiger partial charge in [-0.05, 0) is 69.4 Å². The van der Waals surface area contributed by atoms with Gasteiger partial charge in [-0.25, -0.2) is 0 Å². The average Bonchev–Trinajstić information content (AvgIpc) is 3.31. The van der Waals surface area contributed by atoms with E-state index >= 15 is 0 Å². The summed E-state index contributed by atoms with van der Waals surface area (Å²) in [5.41, 5.74) is 8.43. The molecule has 12 rings (SSSR count). The van der Waals surface area contributed by atoms with Crippen LogP contribution in [0.3, 0.4) is 0 Å². The Hall–Kier alpha value is -7.82. The molecule has 0 N–H and O–H groups in total. The SMILES string of the molecule is C1=CC2C=CC(N(c3cccc4ccccc34)c3ccnc4c3ccc3ccc5c(N(c6ccc7ccccc7c6)c6cccc7ccccc67)ccnc5c34)=CC2C=C1. The van der Waals surface area contributed by atoms with Crippen molar-refractivity contribution >= 4 is 93.3 Å². The fraction of sp³-hybridized carbons (Fsp3) is 0.0357. The third-order valence-electron chi connectivity index (χ3n) is 12.4. The highest BCUT2D eigenvalue weighted by molar-refractivity contribution is 6.22. The minimum Gasteiger partial charge on any atom is -0.309 e. The maximum absolute atomic E-state index is 5.20. The largest absolute Gasteiger partial charge is 0.309 e. The quantitative estimate of drug-likeness (QED) is 0.158. The Morgan fingerprint density at radius 2 is 0.917 bits per heavy atom. The van der Waals surface area contributed by atoms with Crippen LogP contribution in [0.4, 0.5) is 28.4 Å². The molecule has 0 bridgehead atoms. The molecule has 2 aromatic heterocycles. The number of rotatable bonds is 6. The molecule has 0 radical (unpaired) electrons. The second-order valence-corrected chi connectivity index (χ2v) is 15.8. The summed E-state index contributed by atoms with van der Waals surface area (Å²) in [5.74, 6) is 0.626. The monoisotopic (exact) mass is 766 g/mol. The van der Waals surface area contributed by atoms with Gasteiger partial charge < -0.3 is 9.80 Å². The fourth-order valence-corrected chi connectivity index (χ4v) is 9.55. The zero-order chi connectivity index (χ0) is 39.6. The lowest BCUT2D eigenvalue weighted by Gasteiger charge is -2.32. The minimum atomic E-state index is 0.278. The predicted octanol–water partition coefficient (Wildman–Crippen LogP) is 14.8. The molecule has 0 fully saturated rings. The number of aromatic nitrogens is 2. The number of hydrogen-bond acceptors (Lipinski definition) is 4. The van der Waals surface area contributed by atoms with Crippen LogP contribution in [0.15, 0.2) is 224 Å². The molecule has 2 heterocycles. The van der Waals surface area contributed by atoms with E-state index < -0.39 is 0 Å². The number of fused-ring (bicyclic) bond motifs is 9. The van der Waals surface area contributed by atoms with Crippen molar-refractivity contribution in [2.75, 3.05) is 9.80 Å². The molecule has 0 saturated carbocycles. The van der Waals surface area contributed by atoms with Crippen LogP contribution in [-0.2, 0) is 0 Å². The summed E-state index contributed by atoms with van der Waals surface area (Å²) in [6, 6.07) is 59.1. The first-order valence-corrected chi connectivity index (χ1v) is 20.7. The van der Waals surface area contributed by atoms with Gasteiger partial charge in [0.1, 0.15) is 0 Å². The van der Waals surface area contributed by atoms with Crippen LogP contribution >= 0.6 is 0 Å². The molecular formula is C56H38N4. The molecule has 2 aliphatic carbocycles. The lowest BCUT2D eigenvalue weighted by molar-refractivity contribution is 0.653. The van der Waals surface area contributed by atoms with E-state index in [4.69, 9.17) is 9.97 Å². The molecule has 4 nitrogen and oxygen atoms in total. The topological polar surface area (TPSA) is 32.3 Å². The summed E-state index contributed by atoms with van der Waals surface area (Å²) >= 11 is 0. The first-order valence-electron chi connectivity index (χ1n) is 20.7. The van der Waals surface area contributed by atoms with Gasteiger partial charge in [0.2, 0.25) is 0 Å². The van der Waals surface area contributed by atoms with E-state index in [1.54, 1.807) is 0 Å². The number of anilines is 5. The van der Waals surface area contributed by atoms with Gasteiger partial charge in [-0.3, -0.25) is 9.97 Å². The Balaban J connectivity index is 1.11. The van der Waals surface area contributed by atoms with Crippen LogP contribution in [-0.4, -0.2) is 9.97 Å². The zero-order valence-electron chi connectivity index (χ0n) is 32.7. The van der Waals surface area contributed by atoms with Crippen molar-refractivity contribution in [3.63, 3.8) is 0 Å². The molecule has 0 aliphatic heterocycles. The highest BCUT2D eigenvalue weighted by Gasteiger charge is 2.26. The number of hydrogen-bond donors (Lipinski definition) is 0. The van der Waals surface area contributed by atoms with Crippen LogP contribution in [0.2, 0.25) is 0 Å². The fourth-order valence-electron chi connectivity index (χ4n) is 9.55. The molecule has 60 heavy (non-hydrogen) atoms. The molecule has 10 aromatic rings. The zero-order valence-corrected chi connectivity index (χ0v) is 32.7. The standard InChI is InChI=1S/C56H38N4/c1-3-15-42-35-44(27-23-37(42)11-1)59(50-21-9-17-39-13-5-7-19-46(39)50)52-31-33-57-55-48(52)29-25-41-26-30-49-53(32-34-58-56(49)54(41)55)60(45-28-24-38-12-2-4-16-43(38)36-45)51-22-10-18-40-14-6-8-20-47(40)51/h1-37,42H. The van der Waals surface area contributed by atoms with Gasteiger partial charge in [0.05, 0.1) is 33.8 Å². The van der Waals surface area contributed by atoms with Crippen molar-refractivity contribution in [2.45, 2.75) is 0 Å². The number of benzene rings is 8. The van der Waals surface area contributed by atoms with E-state index in [0.29, 0.717) is 5.92 Å². The van der Waals surface area contributed by atoms with E-state index in [9.17, 15) is 0 Å². The van der Waals surface area contributed by atoms with Gasteiger partial charge in [-0.2, -0.15) is 0 Å². The molecule has 0 spiro atoms. The van der Waals surface area contributed by atoms with Gasteiger partial charge in [0.15, 0.2) is 0 Å². The number of pyridine rings is 2. The lowest BCUT2D eigenvalue weighted by atomic mass is 9.84. The first kappa shape index (κ1) is 34.2. The predicted molar refractivity (Wildman–Crippen MR) is 253 cm³/mol. The molecular weight excluding hydrogens is 729 g/mol. The van der Waals surface area contributed by atoms with Crippen molar-refractivity contribution in [1.82, 2.24) is 9.97 Å². The van der Waals surface area contributed by atoms with Gasteiger partial charge in [-0.15, -0.1) is 0 Å². The summed E-state index contributed by atoms with van der Waals surface area (Å²) < 4.78 is 0. The van der Waals surface area contributed by atoms with E-state index in [0.717, 1.165) is 66.7 Å². The van der Waals surface area contributed by atoms with E-state index in [-0.39, 0.29) is 5.92 Å². The smallest absolute Gasteiger partial charge is 0.0823 e. The van der Waals surface area contributed by atoms with Crippen molar-refractivity contribution in [3.8, 4) is 0 Å². The van der Waals surface area contributed by atoms with Gasteiger partial charge in [-0.1, -0.05) is 164 Å². The molecule has 0 saturated heterocycles. The highest BCUT2D eigenvalue weighted by Crippen LogP contribution is 2.46. The summed E-state index contributed by atoms with van der Waals surface area (Å²) in [7, 11) is 0. The molecule has 8 aromatic carbocycles. The minimum absolute atomic E-state index is 0.278. The van der Waals surface area contributed by atoms with E-state index in [1.807, 2.05) is 12.4 Å². The van der Waals surface area contributed by atoms with Crippen molar-refractivity contribution in [3.05, 3.63) is 224 Å². The third-order valence-corrected chi connectivity index (χ3v) is 12.4. The van der Waals surface area contributed by atoms with Crippen molar-refractivity contribution < 1.29 is 0 Å². The maximum Gasteiger partial charge on any atom is 0.0823 e. The van der Waals surface area contributed by atoms with Crippen LogP contribution in [0.25, 0.3) is 64.9 Å². The van der Waals surface area contributed by atoms with Crippen LogP contribution in [0, 0.1) is 11.8 Å². The summed E-state index contributed by atoms with van der Waals surface area (Å²) in [4.78, 5) is 15.2. The Bertz CT molecular complexity index is 3470. The normalized spacial score (nSPS) is 15.9. The molecule has 4 heteroatoms. The average molecular weight is 767 g/mol. The van der Waals surface area contributed by atoms with E-state index in [1.165, 1.54) is 32.3 Å². The number of allylic oxidation sites excluding steroid dienone is 7. The lowest BCUT2D eigenvalue weighted by Crippen LogP contribution is -2.21. The Morgan fingerprint density at radius 3 is 1.60 bits per heavy atom. The summed E-state index contributed by atoms with van der Waals surface area (Å²) in [5, 5.41) is 11.4. The molecule has 2 aliphatic rings. The summed E-state index contributed by atoms with van der Waals surface area (Å²) in [6.45, 7) is 0.